The van der Waals surface area contributed by atoms with Gasteiger partial charge in [0.15, 0.2) is 5.11 Å². The molecule has 0 unspecified atom stereocenters. The summed E-state index contributed by atoms with van der Waals surface area (Å²) in [6.45, 7) is 1.39. The van der Waals surface area contributed by atoms with Gasteiger partial charge >= 0.3 is 5.97 Å². The zero-order valence-corrected chi connectivity index (χ0v) is 16.5. The van der Waals surface area contributed by atoms with Crippen LogP contribution >= 0.6 is 12.2 Å². The van der Waals surface area contributed by atoms with Crippen LogP contribution in [0.3, 0.4) is 0 Å². The lowest BCUT2D eigenvalue weighted by atomic mass is 10.2. The number of anilines is 1. The van der Waals surface area contributed by atoms with E-state index in [9.17, 15) is 4.79 Å². The summed E-state index contributed by atoms with van der Waals surface area (Å²) in [6, 6.07) is 27.5. The number of nitrogens with one attached hydrogen (secondary N) is 1. The number of thiocarbonyl (C=S) groups is 1. The standard InChI is InChI=1S/C23H22N2O2S/c1-27-22(26)20-12-14-21(15-13-20)24-23(28)25(16-18-8-4-2-5-9-18)17-19-10-6-3-7-11-19/h2-15H,16-17H2,1H3,(H,24,28). The van der Waals surface area contributed by atoms with Gasteiger partial charge < -0.3 is 15.0 Å². The summed E-state index contributed by atoms with van der Waals surface area (Å²) in [4.78, 5) is 13.7. The Morgan fingerprint density at radius 2 is 1.36 bits per heavy atom. The molecule has 0 saturated carbocycles. The highest BCUT2D eigenvalue weighted by Crippen LogP contribution is 2.15. The second-order valence-electron chi connectivity index (χ2n) is 6.33. The van der Waals surface area contributed by atoms with E-state index in [0.29, 0.717) is 23.8 Å². The Hall–Kier alpha value is -3.18. The van der Waals surface area contributed by atoms with Gasteiger partial charge in [0.2, 0.25) is 0 Å². The number of carbonyl (C=O) groups is 1. The Balaban J connectivity index is 1.74. The summed E-state index contributed by atoms with van der Waals surface area (Å²) in [6.07, 6.45) is 0. The number of nitrogens with zero attached hydrogens (tertiary/aromatic N) is 1. The van der Waals surface area contributed by atoms with Crippen molar-refractivity contribution in [3.63, 3.8) is 0 Å². The van der Waals surface area contributed by atoms with Crippen LogP contribution in [0.2, 0.25) is 0 Å². The van der Waals surface area contributed by atoms with Crippen LogP contribution in [0.5, 0.6) is 0 Å². The van der Waals surface area contributed by atoms with Crippen molar-refractivity contribution in [3.05, 3.63) is 102 Å². The van der Waals surface area contributed by atoms with Crippen molar-refractivity contribution in [3.8, 4) is 0 Å². The number of methoxy groups -OCH3 is 1. The average molecular weight is 391 g/mol. The molecule has 3 aromatic carbocycles. The van der Waals surface area contributed by atoms with E-state index < -0.39 is 0 Å². The van der Waals surface area contributed by atoms with Crippen molar-refractivity contribution < 1.29 is 9.53 Å². The molecular weight excluding hydrogens is 368 g/mol. The second kappa shape index (κ2) is 9.67. The molecule has 28 heavy (non-hydrogen) atoms. The minimum atomic E-state index is -0.357. The van der Waals surface area contributed by atoms with Gasteiger partial charge in [0, 0.05) is 18.8 Å². The molecule has 0 bridgehead atoms. The van der Waals surface area contributed by atoms with Crippen LogP contribution in [0.15, 0.2) is 84.9 Å². The van der Waals surface area contributed by atoms with Crippen LogP contribution in [0.25, 0.3) is 0 Å². The molecule has 0 aliphatic carbocycles. The Morgan fingerprint density at radius 3 is 1.82 bits per heavy atom. The largest absolute Gasteiger partial charge is 0.465 e. The molecule has 0 aliphatic rings. The third-order valence-electron chi connectivity index (χ3n) is 4.28. The predicted molar refractivity (Wildman–Crippen MR) is 116 cm³/mol. The zero-order valence-electron chi connectivity index (χ0n) is 15.7. The molecule has 0 aliphatic heterocycles. The molecule has 0 aromatic heterocycles. The summed E-state index contributed by atoms with van der Waals surface area (Å²) >= 11 is 5.69. The lowest BCUT2D eigenvalue weighted by molar-refractivity contribution is 0.0601. The Labute approximate surface area is 170 Å². The van der Waals surface area contributed by atoms with Crippen LogP contribution in [-0.4, -0.2) is 23.1 Å². The lowest BCUT2D eigenvalue weighted by Crippen LogP contribution is -2.33. The Kier molecular flexibility index (Phi) is 6.76. The first kappa shape index (κ1) is 19.6. The molecule has 0 amide bonds. The fraction of sp³-hybridized carbons (Fsp3) is 0.130. The fourth-order valence-corrected chi connectivity index (χ4v) is 3.06. The van der Waals surface area contributed by atoms with Crippen molar-refractivity contribution in [1.82, 2.24) is 4.90 Å². The van der Waals surface area contributed by atoms with Crippen LogP contribution in [0.1, 0.15) is 21.5 Å². The van der Waals surface area contributed by atoms with E-state index in [2.05, 4.69) is 34.5 Å². The summed E-state index contributed by atoms with van der Waals surface area (Å²) in [5, 5.41) is 3.90. The molecule has 0 spiro atoms. The third kappa shape index (κ3) is 5.41. The van der Waals surface area contributed by atoms with E-state index in [-0.39, 0.29) is 5.97 Å². The van der Waals surface area contributed by atoms with Gasteiger partial charge in [-0.05, 0) is 47.6 Å². The summed E-state index contributed by atoms with van der Waals surface area (Å²) in [7, 11) is 1.37. The molecular formula is C23H22N2O2S. The van der Waals surface area contributed by atoms with Crippen LogP contribution in [0.4, 0.5) is 5.69 Å². The van der Waals surface area contributed by atoms with Crippen molar-refractivity contribution in [2.45, 2.75) is 13.1 Å². The number of hydrogen-bond donors (Lipinski definition) is 1. The van der Waals surface area contributed by atoms with Gasteiger partial charge in [0.1, 0.15) is 0 Å². The van der Waals surface area contributed by atoms with E-state index >= 15 is 0 Å². The van der Waals surface area contributed by atoms with Crippen molar-refractivity contribution >= 4 is 29.0 Å². The SMILES string of the molecule is COC(=O)c1ccc(NC(=S)N(Cc2ccccc2)Cc2ccccc2)cc1. The van der Waals surface area contributed by atoms with E-state index in [1.807, 2.05) is 48.5 Å². The normalized spacial score (nSPS) is 10.2. The molecule has 5 heteroatoms. The fourth-order valence-electron chi connectivity index (χ4n) is 2.82. The monoisotopic (exact) mass is 390 g/mol. The van der Waals surface area contributed by atoms with E-state index in [1.54, 1.807) is 12.1 Å². The summed E-state index contributed by atoms with van der Waals surface area (Å²) < 4.78 is 4.73. The van der Waals surface area contributed by atoms with Gasteiger partial charge in [-0.25, -0.2) is 4.79 Å². The predicted octanol–water partition coefficient (Wildman–Crippen LogP) is 4.87. The second-order valence-corrected chi connectivity index (χ2v) is 6.71. The van der Waals surface area contributed by atoms with Gasteiger partial charge in [-0.2, -0.15) is 0 Å². The minimum Gasteiger partial charge on any atom is -0.465 e. The molecule has 0 fully saturated rings. The highest BCUT2D eigenvalue weighted by Gasteiger charge is 2.12. The maximum atomic E-state index is 11.6. The maximum absolute atomic E-state index is 11.6. The number of hydrogen-bond acceptors (Lipinski definition) is 3. The summed E-state index contributed by atoms with van der Waals surface area (Å²) in [5.74, 6) is -0.357. The van der Waals surface area contributed by atoms with Gasteiger partial charge in [-0.3, -0.25) is 0 Å². The van der Waals surface area contributed by atoms with E-state index in [0.717, 1.165) is 5.69 Å². The van der Waals surface area contributed by atoms with Gasteiger partial charge in [-0.15, -0.1) is 0 Å². The first-order chi connectivity index (χ1) is 13.7. The van der Waals surface area contributed by atoms with Gasteiger partial charge in [0.05, 0.1) is 12.7 Å². The first-order valence-electron chi connectivity index (χ1n) is 8.98. The number of ether oxygens (including phenoxy) is 1. The van der Waals surface area contributed by atoms with Crippen LogP contribution in [0, 0.1) is 0 Å². The molecule has 3 aromatic rings. The first-order valence-corrected chi connectivity index (χ1v) is 9.38. The number of carbonyl (C=O) groups excluding carboxylic acids is 1. The Bertz CT molecular complexity index is 871. The highest BCUT2D eigenvalue weighted by molar-refractivity contribution is 7.80. The van der Waals surface area contributed by atoms with Crippen LogP contribution < -0.4 is 5.32 Å². The molecule has 0 atom stereocenters. The molecule has 142 valence electrons. The maximum Gasteiger partial charge on any atom is 0.337 e. The minimum absolute atomic E-state index is 0.357. The van der Waals surface area contributed by atoms with Crippen molar-refractivity contribution in [2.24, 2.45) is 0 Å². The number of benzene rings is 3. The molecule has 3 rings (SSSR count). The topological polar surface area (TPSA) is 41.6 Å². The molecule has 0 radical (unpaired) electrons. The van der Waals surface area contributed by atoms with Crippen molar-refractivity contribution in [1.29, 1.82) is 0 Å². The molecule has 1 N–H and O–H groups in total. The van der Waals surface area contributed by atoms with Crippen molar-refractivity contribution in [2.75, 3.05) is 12.4 Å². The Morgan fingerprint density at radius 1 is 0.857 bits per heavy atom. The van der Waals surface area contributed by atoms with Gasteiger partial charge in [-0.1, -0.05) is 60.7 Å². The molecule has 0 saturated heterocycles. The smallest absolute Gasteiger partial charge is 0.337 e. The summed E-state index contributed by atoms with van der Waals surface area (Å²) in [5.41, 5.74) is 3.69. The van der Waals surface area contributed by atoms with Gasteiger partial charge in [0.25, 0.3) is 0 Å². The zero-order chi connectivity index (χ0) is 19.8. The van der Waals surface area contributed by atoms with Crippen LogP contribution in [-0.2, 0) is 17.8 Å². The lowest BCUT2D eigenvalue weighted by Gasteiger charge is -2.26. The molecule has 0 heterocycles. The highest BCUT2D eigenvalue weighted by atomic mass is 32.1. The number of rotatable bonds is 6. The molecule has 4 nitrogen and oxygen atoms in total. The number of esters is 1. The average Bonchev–Trinajstić information content (AvgIpc) is 2.74. The van der Waals surface area contributed by atoms with E-state index in [4.69, 9.17) is 17.0 Å². The third-order valence-corrected chi connectivity index (χ3v) is 4.64. The van der Waals surface area contributed by atoms with E-state index in [1.165, 1.54) is 18.2 Å². The quantitative estimate of drug-likeness (QED) is 0.480.